The number of nitrogens with zero attached hydrogens (tertiary/aromatic N) is 6. The topological polar surface area (TPSA) is 90.1 Å². The molecule has 2 aromatic heterocycles. The molecular weight excluding hydrogens is 450 g/mol. The molecule has 2 fully saturated rings. The van der Waals surface area contributed by atoms with Crippen LogP contribution in [0, 0.1) is 11.3 Å². The minimum atomic E-state index is -0.871. The van der Waals surface area contributed by atoms with E-state index in [1.165, 1.54) is 0 Å². The second-order valence-electron chi connectivity index (χ2n) is 10.5. The summed E-state index contributed by atoms with van der Waals surface area (Å²) in [4.78, 5) is 28.4. The van der Waals surface area contributed by atoms with Crippen molar-refractivity contribution in [3.63, 3.8) is 0 Å². The highest BCUT2D eigenvalue weighted by molar-refractivity contribution is 6.04. The zero-order valence-corrected chi connectivity index (χ0v) is 21.6. The summed E-state index contributed by atoms with van der Waals surface area (Å²) >= 11 is 0. The second-order valence-corrected chi connectivity index (χ2v) is 10.5. The lowest BCUT2D eigenvalue weighted by Gasteiger charge is -2.34. The summed E-state index contributed by atoms with van der Waals surface area (Å²) in [6.07, 6.45) is 8.24. The molecule has 0 spiro atoms. The van der Waals surface area contributed by atoms with E-state index in [9.17, 15) is 10.1 Å². The molecule has 5 rings (SSSR count). The second kappa shape index (κ2) is 10.5. The first-order valence-electron chi connectivity index (χ1n) is 13.5. The number of pyridine rings is 1. The number of nitrogens with one attached hydrogen (secondary N) is 1. The summed E-state index contributed by atoms with van der Waals surface area (Å²) in [5.74, 6) is 0.513. The van der Waals surface area contributed by atoms with Gasteiger partial charge in [0.1, 0.15) is 11.2 Å². The lowest BCUT2D eigenvalue weighted by atomic mass is 9.82. The van der Waals surface area contributed by atoms with Crippen LogP contribution < -0.4 is 10.9 Å². The zero-order valence-electron chi connectivity index (χ0n) is 21.6. The van der Waals surface area contributed by atoms with E-state index in [0.717, 1.165) is 87.7 Å². The number of unbranched alkanes of at least 4 members (excludes halogenated alkanes) is 1. The highest BCUT2D eigenvalue weighted by Gasteiger charge is 2.37. The van der Waals surface area contributed by atoms with Gasteiger partial charge in [-0.05, 0) is 43.3 Å². The lowest BCUT2D eigenvalue weighted by molar-refractivity contribution is 0.148. The molecule has 36 heavy (non-hydrogen) atoms. The first-order valence-corrected chi connectivity index (χ1v) is 13.5. The van der Waals surface area contributed by atoms with Gasteiger partial charge in [0.05, 0.1) is 6.07 Å². The van der Waals surface area contributed by atoms with Crippen molar-refractivity contribution >= 4 is 27.8 Å². The molecule has 3 aromatic rings. The first-order chi connectivity index (χ1) is 17.5. The maximum atomic E-state index is 14.2. The van der Waals surface area contributed by atoms with Crippen molar-refractivity contribution < 1.29 is 0 Å². The molecule has 0 bridgehead atoms. The lowest BCUT2D eigenvalue weighted by Crippen LogP contribution is -2.44. The SMILES string of the molecule is CCCCNc1ncc2c3ccc(CN4CCN(C)CC4)cc3c(=O)n(C3(C#N)CCCCC3)c2n1. The van der Waals surface area contributed by atoms with Crippen LogP contribution in [0.25, 0.3) is 21.8 Å². The molecule has 8 heteroatoms. The molecule has 0 unspecified atom stereocenters. The summed E-state index contributed by atoms with van der Waals surface area (Å²) in [5.41, 5.74) is 0.712. The Morgan fingerprint density at radius 2 is 1.86 bits per heavy atom. The van der Waals surface area contributed by atoms with Crippen LogP contribution in [-0.2, 0) is 12.1 Å². The summed E-state index contributed by atoms with van der Waals surface area (Å²) in [7, 11) is 2.16. The van der Waals surface area contributed by atoms with E-state index in [0.29, 0.717) is 29.8 Å². The summed E-state index contributed by atoms with van der Waals surface area (Å²) in [5, 5.41) is 16.0. The first kappa shape index (κ1) is 24.7. The van der Waals surface area contributed by atoms with Gasteiger partial charge in [0.2, 0.25) is 5.95 Å². The number of piperazine rings is 1. The molecule has 1 saturated carbocycles. The summed E-state index contributed by atoms with van der Waals surface area (Å²) < 4.78 is 1.72. The number of hydrogen-bond donors (Lipinski definition) is 1. The molecule has 1 aliphatic carbocycles. The Kier molecular flexibility index (Phi) is 7.22. The van der Waals surface area contributed by atoms with E-state index in [4.69, 9.17) is 4.98 Å². The minimum absolute atomic E-state index is 0.112. The third kappa shape index (κ3) is 4.70. The Morgan fingerprint density at radius 1 is 1.08 bits per heavy atom. The number of aromatic nitrogens is 3. The number of rotatable bonds is 7. The van der Waals surface area contributed by atoms with Crippen LogP contribution >= 0.6 is 0 Å². The highest BCUT2D eigenvalue weighted by atomic mass is 16.1. The van der Waals surface area contributed by atoms with Crippen molar-refractivity contribution in [3.8, 4) is 6.07 Å². The molecule has 1 saturated heterocycles. The fraction of sp³-hybridized carbons (Fsp3) is 0.571. The van der Waals surface area contributed by atoms with Crippen LogP contribution in [0.5, 0.6) is 0 Å². The Labute approximate surface area is 212 Å². The van der Waals surface area contributed by atoms with Gasteiger partial charge < -0.3 is 10.2 Å². The predicted octanol–water partition coefficient (Wildman–Crippen LogP) is 4.09. The van der Waals surface area contributed by atoms with E-state index >= 15 is 0 Å². The normalized spacial score (nSPS) is 18.9. The average molecular weight is 488 g/mol. The molecule has 2 aliphatic rings. The van der Waals surface area contributed by atoms with Crippen molar-refractivity contribution in [2.75, 3.05) is 45.1 Å². The maximum absolute atomic E-state index is 14.2. The van der Waals surface area contributed by atoms with Gasteiger partial charge in [0.25, 0.3) is 5.56 Å². The van der Waals surface area contributed by atoms with Gasteiger partial charge in [-0.25, -0.2) is 4.98 Å². The average Bonchev–Trinajstić information content (AvgIpc) is 2.91. The van der Waals surface area contributed by atoms with E-state index in [1.54, 1.807) is 4.57 Å². The van der Waals surface area contributed by atoms with Crippen molar-refractivity contribution in [3.05, 3.63) is 40.3 Å². The van der Waals surface area contributed by atoms with Crippen LogP contribution in [-0.4, -0.2) is 64.1 Å². The van der Waals surface area contributed by atoms with Crippen LogP contribution in [0.2, 0.25) is 0 Å². The zero-order chi connectivity index (χ0) is 25.1. The largest absolute Gasteiger partial charge is 0.354 e. The van der Waals surface area contributed by atoms with Crippen molar-refractivity contribution in [1.29, 1.82) is 5.26 Å². The number of likely N-dealkylation sites (N-methyl/N-ethyl adjacent to an activating group) is 1. The highest BCUT2D eigenvalue weighted by Crippen LogP contribution is 2.36. The van der Waals surface area contributed by atoms with Gasteiger partial charge in [-0.1, -0.05) is 44.7 Å². The number of anilines is 1. The summed E-state index contributed by atoms with van der Waals surface area (Å²) in [6.45, 7) is 7.90. The van der Waals surface area contributed by atoms with Crippen molar-refractivity contribution in [2.24, 2.45) is 0 Å². The molecule has 0 radical (unpaired) electrons. The standard InChI is InChI=1S/C28H37N7O/c1-3-4-12-30-27-31-18-24-22-9-8-21(19-34-15-13-33(2)14-16-34)17-23(22)26(36)35(25(24)32-27)28(20-29)10-6-5-7-11-28/h8-9,17-18H,3-7,10-16,19H2,1-2H3,(H,30,31,32). The van der Waals surface area contributed by atoms with Crippen molar-refractivity contribution in [1.82, 2.24) is 24.3 Å². The molecule has 8 nitrogen and oxygen atoms in total. The van der Waals surface area contributed by atoms with Gasteiger partial charge in [0.15, 0.2) is 0 Å². The maximum Gasteiger partial charge on any atom is 0.261 e. The minimum Gasteiger partial charge on any atom is -0.354 e. The Balaban J connectivity index is 1.65. The van der Waals surface area contributed by atoms with Crippen LogP contribution in [0.1, 0.15) is 57.4 Å². The third-order valence-corrected chi connectivity index (χ3v) is 7.92. The molecule has 1 aliphatic heterocycles. The quantitative estimate of drug-likeness (QED) is 0.397. The number of hydrogen-bond acceptors (Lipinski definition) is 7. The van der Waals surface area contributed by atoms with E-state index in [1.807, 2.05) is 18.3 Å². The van der Waals surface area contributed by atoms with Gasteiger partial charge in [-0.2, -0.15) is 10.2 Å². The Morgan fingerprint density at radius 3 is 2.58 bits per heavy atom. The molecule has 0 amide bonds. The molecule has 0 atom stereocenters. The van der Waals surface area contributed by atoms with Crippen LogP contribution in [0.4, 0.5) is 5.95 Å². The van der Waals surface area contributed by atoms with Gasteiger partial charge in [0, 0.05) is 56.2 Å². The Hall–Kier alpha value is -3.02. The molecule has 3 heterocycles. The van der Waals surface area contributed by atoms with Gasteiger partial charge >= 0.3 is 0 Å². The van der Waals surface area contributed by atoms with E-state index in [-0.39, 0.29) is 5.56 Å². The summed E-state index contributed by atoms with van der Waals surface area (Å²) in [6, 6.07) is 8.76. The predicted molar refractivity (Wildman–Crippen MR) is 144 cm³/mol. The monoisotopic (exact) mass is 487 g/mol. The van der Waals surface area contributed by atoms with E-state index < -0.39 is 5.54 Å². The molecule has 1 aromatic carbocycles. The molecule has 190 valence electrons. The van der Waals surface area contributed by atoms with E-state index in [2.05, 4.69) is 46.2 Å². The van der Waals surface area contributed by atoms with Gasteiger partial charge in [-0.3, -0.25) is 14.3 Å². The number of nitriles is 1. The number of fused-ring (bicyclic) bond motifs is 3. The molecule has 1 N–H and O–H groups in total. The van der Waals surface area contributed by atoms with Crippen LogP contribution in [0.3, 0.4) is 0 Å². The van der Waals surface area contributed by atoms with Crippen molar-refractivity contribution in [2.45, 2.75) is 64.0 Å². The third-order valence-electron chi connectivity index (χ3n) is 7.92. The number of benzene rings is 1. The fourth-order valence-corrected chi connectivity index (χ4v) is 5.70. The van der Waals surface area contributed by atoms with Gasteiger partial charge in [-0.15, -0.1) is 0 Å². The van der Waals surface area contributed by atoms with Crippen LogP contribution in [0.15, 0.2) is 29.2 Å². The molecular formula is C28H37N7O. The smallest absolute Gasteiger partial charge is 0.261 e. The Bertz CT molecular complexity index is 1330. The fourth-order valence-electron chi connectivity index (χ4n) is 5.70.